The number of imidazole rings is 1. The first-order chi connectivity index (χ1) is 9.58. The maximum atomic E-state index is 8.06. The Hall–Kier alpha value is -2.29. The van der Waals surface area contributed by atoms with Gasteiger partial charge in [0, 0.05) is 36.8 Å². The fourth-order valence-corrected chi connectivity index (χ4v) is 1.86. The van der Waals surface area contributed by atoms with E-state index in [4.69, 9.17) is 2.74 Å². The average Bonchev–Trinajstić information content (AvgIpc) is 2.79. The number of nitrogens with zero attached hydrogens (tertiary/aromatic N) is 2. The predicted octanol–water partition coefficient (Wildman–Crippen LogP) is 3.35. The molecule has 3 heteroatoms. The van der Waals surface area contributed by atoms with Gasteiger partial charge in [-0.2, -0.15) is 0 Å². The van der Waals surface area contributed by atoms with E-state index in [1.54, 1.807) is 12.1 Å². The van der Waals surface area contributed by atoms with Crippen molar-refractivity contribution in [3.63, 3.8) is 0 Å². The average molecular weight is 241 g/mol. The Morgan fingerprint density at radius 1 is 1.28 bits per heavy atom. The van der Waals surface area contributed by atoms with Gasteiger partial charge in [0.2, 0.25) is 0 Å². The zero-order chi connectivity index (χ0) is 14.3. The number of benzene rings is 1. The smallest absolute Gasteiger partial charge is 0.139 e. The van der Waals surface area contributed by atoms with Crippen LogP contribution >= 0.6 is 0 Å². The molecule has 90 valence electrons. The zero-order valence-corrected chi connectivity index (χ0v) is 10.4. The topological polar surface area (TPSA) is 29.3 Å². The monoisotopic (exact) mass is 241 g/mol. The van der Waals surface area contributed by atoms with Crippen LogP contribution < -0.4 is 5.32 Å². The number of anilines is 1. The van der Waals surface area contributed by atoms with Crippen molar-refractivity contribution in [2.75, 3.05) is 12.4 Å². The van der Waals surface area contributed by atoms with Crippen LogP contribution in [0.4, 0.5) is 5.69 Å². The number of rotatable bonds is 2. The Kier molecular flexibility index (Phi) is 2.03. The van der Waals surface area contributed by atoms with Crippen LogP contribution in [0.2, 0.25) is 0 Å². The molecule has 3 nitrogen and oxygen atoms in total. The van der Waals surface area contributed by atoms with E-state index >= 15 is 0 Å². The minimum atomic E-state index is 0.340. The normalized spacial score (nSPS) is 12.3. The molecule has 3 rings (SSSR count). The summed E-state index contributed by atoms with van der Waals surface area (Å²) in [6.45, 7) is 1.89. The van der Waals surface area contributed by atoms with E-state index in [1.807, 2.05) is 42.9 Å². The summed E-state index contributed by atoms with van der Waals surface area (Å²) in [6.07, 6.45) is 3.77. The molecule has 1 aromatic carbocycles. The molecule has 0 aliphatic carbocycles. The molecular formula is C15H15N3. The van der Waals surface area contributed by atoms with E-state index in [-0.39, 0.29) is 0 Å². The number of aromatic nitrogens is 2. The van der Waals surface area contributed by atoms with Gasteiger partial charge < -0.3 is 9.72 Å². The van der Waals surface area contributed by atoms with Gasteiger partial charge in [0.1, 0.15) is 5.65 Å². The van der Waals surface area contributed by atoms with Crippen LogP contribution in [0.3, 0.4) is 0 Å². The second-order valence-electron chi connectivity index (χ2n) is 4.25. The van der Waals surface area contributed by atoms with E-state index in [9.17, 15) is 0 Å². The van der Waals surface area contributed by atoms with Crippen LogP contribution in [-0.4, -0.2) is 16.4 Å². The van der Waals surface area contributed by atoms with Crippen LogP contribution in [0, 0.1) is 6.92 Å². The summed E-state index contributed by atoms with van der Waals surface area (Å²) in [5, 5.41) is 3.07. The maximum Gasteiger partial charge on any atom is 0.139 e. The number of pyridine rings is 1. The summed E-state index contributed by atoms with van der Waals surface area (Å²) in [4.78, 5) is 4.53. The van der Waals surface area contributed by atoms with Crippen LogP contribution in [0.1, 0.15) is 8.30 Å². The van der Waals surface area contributed by atoms with Crippen LogP contribution in [0.15, 0.2) is 48.7 Å². The summed E-state index contributed by atoms with van der Waals surface area (Å²) >= 11 is 0. The van der Waals surface area contributed by atoms with Crippen LogP contribution in [-0.2, 0) is 0 Å². The van der Waals surface area contributed by atoms with Crippen molar-refractivity contribution in [2.24, 2.45) is 0 Å². The molecule has 0 aliphatic heterocycles. The minimum absolute atomic E-state index is 0.340. The van der Waals surface area contributed by atoms with Gasteiger partial charge in [0.15, 0.2) is 0 Å². The predicted molar refractivity (Wildman–Crippen MR) is 74.9 cm³/mol. The molecule has 0 bridgehead atoms. The molecule has 3 aromatic rings. The first kappa shape index (κ1) is 8.75. The number of hydrogen-bond donors (Lipinski definition) is 1. The summed E-state index contributed by atoms with van der Waals surface area (Å²) in [7, 11) is 1.86. The van der Waals surface area contributed by atoms with E-state index in [0.717, 1.165) is 16.9 Å². The first-order valence-corrected chi connectivity index (χ1v) is 5.83. The first-order valence-electron chi connectivity index (χ1n) is 6.83. The fraction of sp³-hybridized carbons (Fsp3) is 0.133. The van der Waals surface area contributed by atoms with Crippen molar-refractivity contribution in [3.8, 4) is 11.3 Å². The number of hydrogen-bond acceptors (Lipinski definition) is 2. The van der Waals surface area contributed by atoms with E-state index in [2.05, 4.69) is 10.3 Å². The molecule has 0 saturated heterocycles. The lowest BCUT2D eigenvalue weighted by Crippen LogP contribution is -1.89. The zero-order valence-electron chi connectivity index (χ0n) is 12.4. The third-order valence-electron chi connectivity index (χ3n) is 2.89. The number of nitrogens with one attached hydrogen (secondary N) is 1. The lowest BCUT2D eigenvalue weighted by molar-refractivity contribution is 1.18. The van der Waals surface area contributed by atoms with Gasteiger partial charge >= 0.3 is 0 Å². The molecule has 0 aliphatic rings. The third-order valence-corrected chi connectivity index (χ3v) is 2.89. The summed E-state index contributed by atoms with van der Waals surface area (Å²) in [6, 6.07) is 8.09. The van der Waals surface area contributed by atoms with Crippen molar-refractivity contribution in [2.45, 2.75) is 6.92 Å². The lowest BCUT2D eigenvalue weighted by Gasteiger charge is -1.98. The second kappa shape index (κ2) is 4.18. The number of aryl methyl sites for hydroxylation is 1. The highest BCUT2D eigenvalue weighted by Crippen LogP contribution is 2.20. The highest BCUT2D eigenvalue weighted by Gasteiger charge is 2.04. The molecular weight excluding hydrogens is 222 g/mol. The molecule has 0 fully saturated rings. The lowest BCUT2D eigenvalue weighted by atomic mass is 10.1. The van der Waals surface area contributed by atoms with Gasteiger partial charge in [0.05, 0.1) is 8.44 Å². The molecule has 18 heavy (non-hydrogen) atoms. The van der Waals surface area contributed by atoms with E-state index < -0.39 is 0 Å². The fourth-order valence-electron chi connectivity index (χ4n) is 1.86. The van der Waals surface area contributed by atoms with Crippen molar-refractivity contribution < 1.29 is 2.74 Å². The molecule has 0 radical (unpaired) electrons. The maximum absolute atomic E-state index is 8.06. The summed E-state index contributed by atoms with van der Waals surface area (Å²) < 4.78 is 18.0. The quantitative estimate of drug-likeness (QED) is 0.745. The molecule has 2 heterocycles. The Morgan fingerprint density at radius 3 is 2.78 bits per heavy atom. The Labute approximate surface area is 109 Å². The number of fused-ring (bicyclic) bond motifs is 1. The largest absolute Gasteiger partial charge is 0.388 e. The van der Waals surface area contributed by atoms with Crippen LogP contribution in [0.25, 0.3) is 16.9 Å². The standard InChI is InChI=1S/C15H15N3/c1-11-3-5-12(6-4-11)14-10-18-8-7-13(16-2)9-15(18)17-14/h3-10,16H,1-2H3/i5T,6T. The second-order valence-corrected chi connectivity index (χ2v) is 4.25. The molecule has 0 amide bonds. The molecule has 0 atom stereocenters. The Morgan fingerprint density at radius 2 is 2.06 bits per heavy atom. The van der Waals surface area contributed by atoms with Crippen molar-refractivity contribution in [1.29, 1.82) is 0 Å². The third kappa shape index (κ3) is 1.84. The molecule has 0 unspecified atom stereocenters. The van der Waals surface area contributed by atoms with E-state index in [0.29, 0.717) is 23.3 Å². The Bertz CT molecular complexity index is 770. The van der Waals surface area contributed by atoms with Gasteiger partial charge in [-0.3, -0.25) is 0 Å². The highest BCUT2D eigenvalue weighted by atomic mass is 15.0. The minimum Gasteiger partial charge on any atom is -0.388 e. The van der Waals surface area contributed by atoms with E-state index in [1.165, 1.54) is 0 Å². The van der Waals surface area contributed by atoms with Crippen molar-refractivity contribution in [1.82, 2.24) is 9.38 Å². The van der Waals surface area contributed by atoms with Gasteiger partial charge in [0.25, 0.3) is 0 Å². The summed E-state index contributed by atoms with van der Waals surface area (Å²) in [5.74, 6) is 0. The molecule has 2 aromatic heterocycles. The summed E-state index contributed by atoms with van der Waals surface area (Å²) in [5.41, 5.74) is 3.94. The van der Waals surface area contributed by atoms with Crippen LogP contribution in [0.5, 0.6) is 0 Å². The van der Waals surface area contributed by atoms with Gasteiger partial charge in [-0.1, -0.05) is 29.8 Å². The van der Waals surface area contributed by atoms with Gasteiger partial charge in [-0.15, -0.1) is 0 Å². The Balaban J connectivity index is 2.20. The van der Waals surface area contributed by atoms with Crippen molar-refractivity contribution in [3.05, 3.63) is 54.3 Å². The molecule has 0 spiro atoms. The highest BCUT2D eigenvalue weighted by molar-refractivity contribution is 5.65. The molecule has 1 N–H and O–H groups in total. The SMILES string of the molecule is [3H]c1cc(C)cc([3H])c1-c1cn2ccc(NC)cc2n1. The van der Waals surface area contributed by atoms with Crippen molar-refractivity contribution >= 4 is 11.3 Å². The molecule has 0 saturated carbocycles. The van der Waals surface area contributed by atoms with Gasteiger partial charge in [-0.25, -0.2) is 4.98 Å². The van der Waals surface area contributed by atoms with Gasteiger partial charge in [-0.05, 0) is 13.0 Å².